The summed E-state index contributed by atoms with van der Waals surface area (Å²) in [6.45, 7) is 13.7. The average molecular weight is 411 g/mol. The van der Waals surface area contributed by atoms with Crippen LogP contribution in [0.1, 0.15) is 47.0 Å². The van der Waals surface area contributed by atoms with Gasteiger partial charge in [-0.25, -0.2) is 0 Å². The predicted octanol–water partition coefficient (Wildman–Crippen LogP) is 3.36. The normalized spacial score (nSPS) is 19.3. The van der Waals surface area contributed by atoms with Gasteiger partial charge in [-0.3, -0.25) is 4.99 Å². The molecule has 1 unspecified atom stereocenters. The van der Waals surface area contributed by atoms with E-state index in [1.165, 1.54) is 12.8 Å². The molecular formula is C16H34IN3O. The Balaban J connectivity index is 0.00000400. The Bertz CT molecular complexity index is 296. The van der Waals surface area contributed by atoms with Gasteiger partial charge in [-0.05, 0) is 31.6 Å². The Morgan fingerprint density at radius 3 is 2.62 bits per heavy atom. The number of hydrogen-bond acceptors (Lipinski definition) is 2. The zero-order valence-corrected chi connectivity index (χ0v) is 16.8. The minimum absolute atomic E-state index is 0. The lowest BCUT2D eigenvalue weighted by molar-refractivity contribution is 0.181. The summed E-state index contributed by atoms with van der Waals surface area (Å²) in [4.78, 5) is 7.00. The smallest absolute Gasteiger partial charge is 0.193 e. The van der Waals surface area contributed by atoms with Gasteiger partial charge < -0.3 is 15.0 Å². The maximum absolute atomic E-state index is 5.45. The van der Waals surface area contributed by atoms with E-state index in [4.69, 9.17) is 9.73 Å². The Labute approximate surface area is 148 Å². The summed E-state index contributed by atoms with van der Waals surface area (Å²) in [7, 11) is 2.13. The predicted molar refractivity (Wildman–Crippen MR) is 102 cm³/mol. The lowest BCUT2D eigenvalue weighted by Crippen LogP contribution is -2.41. The minimum Gasteiger partial charge on any atom is -0.381 e. The third kappa shape index (κ3) is 9.55. The number of ether oxygens (including phenoxy) is 1. The fraction of sp³-hybridized carbons (Fsp3) is 0.938. The number of nitrogens with one attached hydrogen (secondary N) is 1. The summed E-state index contributed by atoms with van der Waals surface area (Å²) in [5.74, 6) is 1.69. The summed E-state index contributed by atoms with van der Waals surface area (Å²) >= 11 is 0. The van der Waals surface area contributed by atoms with Gasteiger partial charge in [0.05, 0.1) is 6.61 Å². The first kappa shape index (κ1) is 21.0. The van der Waals surface area contributed by atoms with E-state index in [2.05, 4.69) is 45.0 Å². The third-order valence-corrected chi connectivity index (χ3v) is 3.60. The highest BCUT2D eigenvalue weighted by Crippen LogP contribution is 2.20. The molecule has 1 saturated heterocycles. The number of hydrogen-bond donors (Lipinski definition) is 1. The number of halogens is 1. The quantitative estimate of drug-likeness (QED) is 0.315. The molecule has 0 saturated carbocycles. The zero-order chi connectivity index (χ0) is 15.0. The Kier molecular flexibility index (Phi) is 10.6. The molecule has 0 aromatic rings. The van der Waals surface area contributed by atoms with Crippen molar-refractivity contribution in [2.24, 2.45) is 16.3 Å². The number of guanidine groups is 1. The van der Waals surface area contributed by atoms with Crippen LogP contribution in [0.25, 0.3) is 0 Å². The van der Waals surface area contributed by atoms with Crippen LogP contribution in [0.15, 0.2) is 4.99 Å². The number of rotatable bonds is 6. The highest BCUT2D eigenvalue weighted by Gasteiger charge is 2.19. The molecular weight excluding hydrogens is 377 g/mol. The fourth-order valence-corrected chi connectivity index (χ4v) is 2.47. The molecule has 0 amide bonds. The van der Waals surface area contributed by atoms with Gasteiger partial charge in [-0.15, -0.1) is 24.0 Å². The Morgan fingerprint density at radius 1 is 1.38 bits per heavy atom. The van der Waals surface area contributed by atoms with E-state index in [0.717, 1.165) is 45.2 Å². The third-order valence-electron chi connectivity index (χ3n) is 3.60. The van der Waals surface area contributed by atoms with Crippen LogP contribution < -0.4 is 5.32 Å². The van der Waals surface area contributed by atoms with Gasteiger partial charge >= 0.3 is 0 Å². The van der Waals surface area contributed by atoms with Crippen LogP contribution >= 0.6 is 24.0 Å². The van der Waals surface area contributed by atoms with Gasteiger partial charge in [0.1, 0.15) is 0 Å². The molecule has 1 N–H and O–H groups in total. The first-order chi connectivity index (χ1) is 9.42. The molecule has 0 aromatic carbocycles. The topological polar surface area (TPSA) is 36.9 Å². The Morgan fingerprint density at radius 2 is 2.10 bits per heavy atom. The molecule has 0 spiro atoms. The van der Waals surface area contributed by atoms with E-state index in [0.29, 0.717) is 11.3 Å². The summed E-state index contributed by atoms with van der Waals surface area (Å²) in [5, 5.41) is 3.39. The van der Waals surface area contributed by atoms with Gasteiger partial charge in [-0.1, -0.05) is 20.8 Å². The molecule has 21 heavy (non-hydrogen) atoms. The largest absolute Gasteiger partial charge is 0.381 e. The first-order valence-electron chi connectivity index (χ1n) is 7.99. The molecule has 1 fully saturated rings. The van der Waals surface area contributed by atoms with Gasteiger partial charge in [0.15, 0.2) is 5.96 Å². The molecule has 1 atom stereocenters. The summed E-state index contributed by atoms with van der Waals surface area (Å²) in [6.07, 6.45) is 3.54. The molecule has 5 heteroatoms. The van der Waals surface area contributed by atoms with Crippen LogP contribution in [0.5, 0.6) is 0 Å². The van der Waals surface area contributed by atoms with Gasteiger partial charge in [0, 0.05) is 39.2 Å². The van der Waals surface area contributed by atoms with Crippen LogP contribution in [0.2, 0.25) is 0 Å². The van der Waals surface area contributed by atoms with Gasteiger partial charge in [-0.2, -0.15) is 0 Å². The van der Waals surface area contributed by atoms with Crippen molar-refractivity contribution in [3.63, 3.8) is 0 Å². The molecule has 0 radical (unpaired) electrons. The molecule has 1 heterocycles. The van der Waals surface area contributed by atoms with Gasteiger partial charge in [0.25, 0.3) is 0 Å². The first-order valence-corrected chi connectivity index (χ1v) is 7.99. The van der Waals surface area contributed by atoms with Crippen LogP contribution in [-0.2, 0) is 4.74 Å². The van der Waals surface area contributed by atoms with Crippen molar-refractivity contribution < 1.29 is 4.74 Å². The van der Waals surface area contributed by atoms with Crippen LogP contribution in [0, 0.1) is 11.3 Å². The Hall–Kier alpha value is -0.0400. The maximum atomic E-state index is 5.45. The number of aliphatic imine (C=N–C) groups is 1. The van der Waals surface area contributed by atoms with E-state index >= 15 is 0 Å². The fourth-order valence-electron chi connectivity index (χ4n) is 2.47. The molecule has 0 aliphatic carbocycles. The lowest BCUT2D eigenvalue weighted by Gasteiger charge is -2.24. The van der Waals surface area contributed by atoms with Crippen molar-refractivity contribution in [2.45, 2.75) is 47.0 Å². The van der Waals surface area contributed by atoms with Crippen LogP contribution in [-0.4, -0.2) is 50.8 Å². The van der Waals surface area contributed by atoms with E-state index in [1.807, 2.05) is 0 Å². The lowest BCUT2D eigenvalue weighted by atomic mass is 9.91. The van der Waals surface area contributed by atoms with E-state index in [1.54, 1.807) is 0 Å². The average Bonchev–Trinajstić information content (AvgIpc) is 2.84. The minimum atomic E-state index is 0. The van der Waals surface area contributed by atoms with Crippen molar-refractivity contribution in [2.75, 3.05) is 39.9 Å². The molecule has 1 rings (SSSR count). The summed E-state index contributed by atoms with van der Waals surface area (Å²) in [6, 6.07) is 0. The maximum Gasteiger partial charge on any atom is 0.193 e. The highest BCUT2D eigenvalue weighted by atomic mass is 127. The van der Waals surface area contributed by atoms with E-state index in [-0.39, 0.29) is 24.0 Å². The van der Waals surface area contributed by atoms with Crippen LogP contribution in [0.3, 0.4) is 0 Å². The standard InChI is InChI=1S/C16H33N3O.HI/c1-6-17-15(18-10-7-9-16(2,3)4)19(5)12-14-8-11-20-13-14;/h14H,6-13H2,1-5H3,(H,17,18);1H. The second-order valence-electron chi connectivity index (χ2n) is 7.01. The molecule has 1 aliphatic rings. The summed E-state index contributed by atoms with van der Waals surface area (Å²) < 4.78 is 5.45. The van der Waals surface area contributed by atoms with Crippen molar-refractivity contribution in [3.05, 3.63) is 0 Å². The molecule has 126 valence electrons. The van der Waals surface area contributed by atoms with E-state index in [9.17, 15) is 0 Å². The molecule has 0 bridgehead atoms. The van der Waals surface area contributed by atoms with Crippen LogP contribution in [0.4, 0.5) is 0 Å². The highest BCUT2D eigenvalue weighted by molar-refractivity contribution is 14.0. The van der Waals surface area contributed by atoms with Crippen molar-refractivity contribution in [1.82, 2.24) is 10.2 Å². The number of nitrogens with zero attached hydrogens (tertiary/aromatic N) is 2. The second kappa shape index (κ2) is 10.6. The molecule has 1 aliphatic heterocycles. The van der Waals surface area contributed by atoms with Gasteiger partial charge in [0.2, 0.25) is 0 Å². The van der Waals surface area contributed by atoms with Crippen molar-refractivity contribution >= 4 is 29.9 Å². The van der Waals surface area contributed by atoms with Crippen molar-refractivity contribution in [1.29, 1.82) is 0 Å². The van der Waals surface area contributed by atoms with Crippen molar-refractivity contribution in [3.8, 4) is 0 Å². The zero-order valence-electron chi connectivity index (χ0n) is 14.4. The van der Waals surface area contributed by atoms with E-state index < -0.39 is 0 Å². The molecule has 4 nitrogen and oxygen atoms in total. The second-order valence-corrected chi connectivity index (χ2v) is 7.01. The summed E-state index contributed by atoms with van der Waals surface area (Å²) in [5.41, 5.74) is 0.404. The molecule has 0 aromatic heterocycles. The monoisotopic (exact) mass is 411 g/mol. The SMILES string of the molecule is CCNC(=NCCCC(C)(C)C)N(C)CC1CCOC1.I.